The number of halogens is 11. The summed E-state index contributed by atoms with van der Waals surface area (Å²) in [5.41, 5.74) is 0.444. The van der Waals surface area contributed by atoms with E-state index in [0.29, 0.717) is 10.9 Å². The molecule has 50 heavy (non-hydrogen) atoms. The molecule has 1 aromatic heterocycles. The van der Waals surface area contributed by atoms with Crippen molar-refractivity contribution in [1.82, 2.24) is 4.57 Å². The molecule has 1 radical (unpaired) electrons. The molecule has 0 N–H and O–H groups in total. The van der Waals surface area contributed by atoms with Crippen molar-refractivity contribution in [1.29, 1.82) is 0 Å². The molecule has 1 unspecified atom stereocenters. The monoisotopic (exact) mass is 834 g/mol. The van der Waals surface area contributed by atoms with E-state index in [1.807, 2.05) is 6.07 Å². The zero-order valence-electron chi connectivity index (χ0n) is 26.9. The van der Waals surface area contributed by atoms with E-state index in [4.69, 9.17) is 0 Å². The number of benzene rings is 3. The van der Waals surface area contributed by atoms with Gasteiger partial charge in [-0.3, -0.25) is 0 Å². The number of fused-ring (bicyclic) bond motifs is 1. The van der Waals surface area contributed by atoms with Gasteiger partial charge in [0.1, 0.15) is 0 Å². The van der Waals surface area contributed by atoms with Gasteiger partial charge in [-0.2, -0.15) is 45.6 Å². The zero-order chi connectivity index (χ0) is 34.3. The third-order valence-corrected chi connectivity index (χ3v) is 13.6. The Bertz CT molecular complexity index is 1970. The number of allylic oxidation sites excluding steroid dienone is 1. The number of hydrogen-bond acceptors (Lipinski definition) is 0. The van der Waals surface area contributed by atoms with Crippen LogP contribution in [0, 0.1) is 6.92 Å². The first-order chi connectivity index (χ1) is 21.8. The maximum absolute atomic E-state index is 13.2. The van der Waals surface area contributed by atoms with E-state index in [0.717, 1.165) is 28.6 Å². The van der Waals surface area contributed by atoms with Crippen molar-refractivity contribution in [3.63, 3.8) is 0 Å². The van der Waals surface area contributed by atoms with Gasteiger partial charge in [-0.25, -0.2) is 0 Å². The van der Waals surface area contributed by atoms with Crippen molar-refractivity contribution in [2.45, 2.75) is 56.4 Å². The second-order valence-corrected chi connectivity index (χ2v) is 17.2. The first kappa shape index (κ1) is 41.8. The van der Waals surface area contributed by atoms with E-state index in [1.165, 1.54) is 11.3 Å². The van der Waals surface area contributed by atoms with Crippen molar-refractivity contribution in [2.24, 2.45) is 0 Å². The Morgan fingerprint density at radius 1 is 0.680 bits per heavy atom. The Balaban J connectivity index is 0.000000277. The fourth-order valence-corrected chi connectivity index (χ4v) is 12.0. The van der Waals surface area contributed by atoms with Crippen molar-refractivity contribution in [3.05, 3.63) is 125 Å². The van der Waals surface area contributed by atoms with Gasteiger partial charge in [0.15, 0.2) is 0 Å². The Kier molecular flexibility index (Phi) is 11.7. The average Bonchev–Trinajstić information content (AvgIpc) is 3.68. The topological polar surface area (TPSA) is 4.93 Å². The van der Waals surface area contributed by atoms with Crippen LogP contribution in [0.4, 0.5) is 39.5 Å². The first-order valence-electron chi connectivity index (χ1n) is 14.8. The van der Waals surface area contributed by atoms with Gasteiger partial charge in [-0.15, -0.1) is 34.5 Å². The van der Waals surface area contributed by atoms with Crippen molar-refractivity contribution < 1.29 is 90.5 Å². The van der Waals surface area contributed by atoms with Gasteiger partial charge < -0.3 is 29.4 Å². The molecule has 0 amide bonds. The van der Waals surface area contributed by atoms with Gasteiger partial charge in [0.2, 0.25) is 0 Å². The summed E-state index contributed by atoms with van der Waals surface area (Å²) in [6, 6.07) is 23.8. The van der Waals surface area contributed by atoms with Crippen LogP contribution in [-0.2, 0) is 31.6 Å². The molecule has 5 aromatic rings. The molecule has 1 atom stereocenters. The van der Waals surface area contributed by atoms with Crippen LogP contribution in [0.15, 0.2) is 103 Å². The van der Waals surface area contributed by atoms with E-state index < -0.39 is 37.6 Å². The molecular weight excluding hydrogens is 808 g/mol. The van der Waals surface area contributed by atoms with Crippen LogP contribution in [0.1, 0.15) is 34.8 Å². The second-order valence-electron chi connectivity index (χ2n) is 12.7. The molecule has 0 saturated heterocycles. The third kappa shape index (κ3) is 6.26. The SMILES string of the molecule is CC1=C2c3ccn(-c4ccccc4)c3C1[Si]2(C)C.Cc1cc2c(-c3ccc(C(C(F)(F)F)(C(F)(F)F)C(F)(F)F)cc3)cccc2[cH-]1.[Cl-].[Cl-].[Zr+3]. The fraction of sp³-hybridized carbons (Fsp3) is 0.250. The molecule has 2 bridgehead atoms. The van der Waals surface area contributed by atoms with Gasteiger partial charge in [0.25, 0.3) is 5.41 Å². The molecule has 8 rings (SSSR count). The molecule has 4 aromatic carbocycles. The first-order valence-corrected chi connectivity index (χ1v) is 17.9. The van der Waals surface area contributed by atoms with E-state index in [9.17, 15) is 39.5 Å². The second kappa shape index (κ2) is 14.1. The summed E-state index contributed by atoms with van der Waals surface area (Å²) in [6.07, 6.45) is -17.7. The maximum atomic E-state index is 13.2. The standard InChI is InChI=1S/C20H12F9.C16H17NSi.2ClH.Zr/c1-11-9-13-3-2-4-15(16(13)10-11)12-5-7-14(8-6-12)17(18(21,22)23,19(24,25)26)20(27,28)29;1-11-15-13-9-10-17(12-7-5-4-6-8-12)14(13)16(11)18(15,2)3;;;/h2-10H,1H3;4-10,16H,1-3H3;2*1H;/q-1;;;;+3/p-2. The number of aromatic nitrogens is 1. The zero-order valence-corrected chi connectivity index (χ0v) is 31.9. The molecule has 2 aliphatic heterocycles. The van der Waals surface area contributed by atoms with E-state index in [1.54, 1.807) is 47.7 Å². The number of rotatable bonds is 3. The summed E-state index contributed by atoms with van der Waals surface area (Å²) in [5, 5.41) is 3.20. The van der Waals surface area contributed by atoms with Crippen LogP contribution in [0.5, 0.6) is 0 Å². The van der Waals surface area contributed by atoms with Gasteiger partial charge >= 0.3 is 44.7 Å². The largest absolute Gasteiger partial charge is 3.00 e. The van der Waals surface area contributed by atoms with Crippen molar-refractivity contribution in [2.75, 3.05) is 0 Å². The van der Waals surface area contributed by atoms with E-state index in [2.05, 4.69) is 67.2 Å². The number of nitrogens with zero attached hydrogens (tertiary/aromatic N) is 1. The minimum absolute atomic E-state index is 0. The molecule has 0 spiro atoms. The quantitative estimate of drug-likeness (QED) is 0.127. The number of alkyl halides is 9. The van der Waals surface area contributed by atoms with E-state index in [-0.39, 0.29) is 68.7 Å². The summed E-state index contributed by atoms with van der Waals surface area (Å²) in [4.78, 5) is 0. The van der Waals surface area contributed by atoms with Gasteiger partial charge in [-0.1, -0.05) is 84.9 Å². The summed E-state index contributed by atoms with van der Waals surface area (Å²) < 4.78 is 122. The minimum Gasteiger partial charge on any atom is -1.00 e. The molecule has 1 nitrogen and oxygen atoms in total. The third-order valence-electron chi connectivity index (χ3n) is 9.50. The van der Waals surface area contributed by atoms with Crippen molar-refractivity contribution in [3.8, 4) is 16.8 Å². The molecule has 0 fully saturated rings. The predicted molar refractivity (Wildman–Crippen MR) is 168 cm³/mol. The maximum Gasteiger partial charge on any atom is 3.00 e. The molecule has 14 heteroatoms. The van der Waals surface area contributed by atoms with Crippen LogP contribution in [0.2, 0.25) is 13.1 Å². The Labute approximate surface area is 315 Å². The molecule has 0 saturated carbocycles. The van der Waals surface area contributed by atoms with Gasteiger partial charge in [0.05, 0.1) is 8.07 Å². The van der Waals surface area contributed by atoms with Crippen LogP contribution in [0.3, 0.4) is 0 Å². The van der Waals surface area contributed by atoms with Gasteiger partial charge in [0, 0.05) is 23.1 Å². The predicted octanol–water partition coefficient (Wildman–Crippen LogP) is 5.61. The summed E-state index contributed by atoms with van der Waals surface area (Å²) >= 11 is 0. The molecule has 1 aliphatic carbocycles. The smallest absolute Gasteiger partial charge is 1.00 e. The van der Waals surface area contributed by atoms with Crippen LogP contribution < -0.4 is 24.8 Å². The number of para-hydroxylation sites is 1. The normalized spacial score (nSPS) is 16.3. The summed E-state index contributed by atoms with van der Waals surface area (Å²) in [6.45, 7) is 9.15. The fourth-order valence-electron chi connectivity index (χ4n) is 7.64. The Hall–Kier alpha value is -2.66. The number of aryl methyl sites for hydroxylation is 1. The average molecular weight is 837 g/mol. The van der Waals surface area contributed by atoms with Crippen LogP contribution >= 0.6 is 0 Å². The van der Waals surface area contributed by atoms with E-state index >= 15 is 0 Å². The summed E-state index contributed by atoms with van der Waals surface area (Å²) in [5.74, 6) is 0. The Morgan fingerprint density at radius 3 is 1.76 bits per heavy atom. The van der Waals surface area contributed by atoms with Crippen molar-refractivity contribution >= 4 is 24.0 Å². The molecule has 3 aliphatic rings. The minimum atomic E-state index is -6.63. The molecular formula is C36H29Cl2F9NSiZr. The van der Waals surface area contributed by atoms with Gasteiger partial charge in [-0.05, 0) is 41.8 Å². The number of hydrogen-bond donors (Lipinski definition) is 0. The van der Waals surface area contributed by atoms with Crippen LogP contribution in [-0.4, -0.2) is 31.2 Å². The molecule has 263 valence electrons. The Morgan fingerprint density at radius 2 is 1.24 bits per heavy atom. The van der Waals surface area contributed by atoms with Crippen LogP contribution in [0.25, 0.3) is 32.8 Å². The molecule has 3 heterocycles. The summed E-state index contributed by atoms with van der Waals surface area (Å²) in [7, 11) is -1.17.